The number of ether oxygens (including phenoxy) is 1. The monoisotopic (exact) mass is 346 g/mol. The molecule has 0 atom stereocenters. The number of nitrogens with one attached hydrogen (secondary N) is 1. The van der Waals surface area contributed by atoms with E-state index in [1.807, 2.05) is 0 Å². The van der Waals surface area contributed by atoms with E-state index in [-0.39, 0.29) is 10.6 Å². The number of halogens is 2. The molecule has 3 N–H and O–H groups in total. The van der Waals surface area contributed by atoms with Crippen LogP contribution in [0, 0.1) is 0 Å². The van der Waals surface area contributed by atoms with Crippen molar-refractivity contribution in [2.75, 3.05) is 12.8 Å². The summed E-state index contributed by atoms with van der Waals surface area (Å²) in [6, 6.07) is 8.96. The number of benzene rings is 2. The molecule has 5 nitrogen and oxygen atoms in total. The molecular formula is C13H12Cl2N2O3S. The fraction of sp³-hybridized carbons (Fsp3) is 0.0769. The highest BCUT2D eigenvalue weighted by atomic mass is 35.5. The summed E-state index contributed by atoms with van der Waals surface area (Å²) in [5.74, 6) is 0.767. The summed E-state index contributed by atoms with van der Waals surface area (Å²) >= 11 is 11.7. The van der Waals surface area contributed by atoms with Crippen LogP contribution in [0.2, 0.25) is 10.0 Å². The van der Waals surface area contributed by atoms with Crippen LogP contribution in [0.5, 0.6) is 11.5 Å². The Balaban J connectivity index is 2.31. The van der Waals surface area contributed by atoms with Gasteiger partial charge in [0.25, 0.3) is 0 Å². The normalized spacial score (nSPS) is 11.4. The number of rotatable bonds is 4. The summed E-state index contributed by atoms with van der Waals surface area (Å²) < 4.78 is 31.1. The van der Waals surface area contributed by atoms with Crippen LogP contribution in [0.3, 0.4) is 0 Å². The van der Waals surface area contributed by atoms with Crippen molar-refractivity contribution in [1.29, 1.82) is 0 Å². The summed E-state index contributed by atoms with van der Waals surface area (Å²) in [5, 5.41) is 0.759. The number of sulfonamides is 1. The van der Waals surface area contributed by atoms with Crippen molar-refractivity contribution in [2.45, 2.75) is 4.90 Å². The van der Waals surface area contributed by atoms with Gasteiger partial charge in [-0.15, -0.1) is 0 Å². The molecule has 0 saturated carbocycles. The number of nitrogens with two attached hydrogens (primary N) is 1. The topological polar surface area (TPSA) is 81.4 Å². The Morgan fingerprint density at radius 3 is 2.38 bits per heavy atom. The number of anilines is 1. The average Bonchev–Trinajstić information content (AvgIpc) is 2.45. The number of hydrogen-bond donors (Lipinski definition) is 2. The first-order chi connectivity index (χ1) is 9.83. The molecule has 0 aliphatic rings. The van der Waals surface area contributed by atoms with Crippen LogP contribution in [-0.2, 0) is 10.0 Å². The SMILES string of the molecule is CNS(=O)(=O)c1ccc(Oc2ccc(Cl)c(Cl)c2)c(N)c1. The van der Waals surface area contributed by atoms with Gasteiger partial charge in [0.1, 0.15) is 11.5 Å². The fourth-order valence-corrected chi connectivity index (χ4v) is 2.62. The third-order valence-corrected chi connectivity index (χ3v) is 4.83. The highest BCUT2D eigenvalue weighted by molar-refractivity contribution is 7.89. The Labute approximate surface area is 132 Å². The predicted molar refractivity (Wildman–Crippen MR) is 83.6 cm³/mol. The van der Waals surface area contributed by atoms with Crippen LogP contribution in [0.25, 0.3) is 0 Å². The second-order valence-corrected chi connectivity index (χ2v) is 6.79. The van der Waals surface area contributed by atoms with Crippen LogP contribution in [0.4, 0.5) is 5.69 Å². The minimum atomic E-state index is -3.55. The lowest BCUT2D eigenvalue weighted by Crippen LogP contribution is -2.18. The molecule has 0 bridgehead atoms. The van der Waals surface area contributed by atoms with Crippen molar-refractivity contribution in [3.63, 3.8) is 0 Å². The van der Waals surface area contributed by atoms with Gasteiger partial charge in [-0.1, -0.05) is 23.2 Å². The first-order valence-electron chi connectivity index (χ1n) is 5.79. The van der Waals surface area contributed by atoms with E-state index in [0.29, 0.717) is 21.5 Å². The summed E-state index contributed by atoms with van der Waals surface area (Å²) in [7, 11) is -2.22. The van der Waals surface area contributed by atoms with Gasteiger partial charge in [-0.3, -0.25) is 0 Å². The lowest BCUT2D eigenvalue weighted by atomic mass is 10.3. The largest absolute Gasteiger partial charge is 0.455 e. The van der Waals surface area contributed by atoms with Crippen LogP contribution in [-0.4, -0.2) is 15.5 Å². The molecule has 0 unspecified atom stereocenters. The molecule has 0 fully saturated rings. The van der Waals surface area contributed by atoms with Crippen molar-refractivity contribution in [1.82, 2.24) is 4.72 Å². The van der Waals surface area contributed by atoms with Crippen LogP contribution >= 0.6 is 23.2 Å². The number of nitrogen functional groups attached to an aromatic ring is 1. The summed E-state index contributed by atoms with van der Waals surface area (Å²) in [6.07, 6.45) is 0. The standard InChI is InChI=1S/C13H12Cl2N2O3S/c1-17-21(18,19)9-3-5-13(12(16)7-9)20-8-2-4-10(14)11(15)6-8/h2-7,17H,16H2,1H3. The molecular weight excluding hydrogens is 335 g/mol. The van der Waals surface area contributed by atoms with Gasteiger partial charge < -0.3 is 10.5 Å². The molecule has 0 amide bonds. The van der Waals surface area contributed by atoms with Gasteiger partial charge >= 0.3 is 0 Å². The molecule has 2 aromatic rings. The molecule has 21 heavy (non-hydrogen) atoms. The van der Waals surface area contributed by atoms with Crippen molar-refractivity contribution < 1.29 is 13.2 Å². The first kappa shape index (κ1) is 15.9. The van der Waals surface area contributed by atoms with Crippen LogP contribution in [0.15, 0.2) is 41.3 Å². The van der Waals surface area contributed by atoms with Gasteiger partial charge in [-0.05, 0) is 37.4 Å². The van der Waals surface area contributed by atoms with E-state index in [9.17, 15) is 8.42 Å². The Morgan fingerprint density at radius 2 is 1.81 bits per heavy atom. The average molecular weight is 347 g/mol. The third kappa shape index (κ3) is 3.59. The van der Waals surface area contributed by atoms with Gasteiger partial charge in [0.15, 0.2) is 0 Å². The van der Waals surface area contributed by atoms with Crippen LogP contribution in [0.1, 0.15) is 0 Å². The molecule has 0 spiro atoms. The Bertz CT molecular complexity index is 779. The molecule has 2 aromatic carbocycles. The van der Waals surface area contributed by atoms with Crippen molar-refractivity contribution in [3.05, 3.63) is 46.4 Å². The van der Waals surface area contributed by atoms with Gasteiger partial charge in [-0.25, -0.2) is 13.1 Å². The lowest BCUT2D eigenvalue weighted by molar-refractivity contribution is 0.484. The molecule has 112 valence electrons. The Hall–Kier alpha value is -1.47. The zero-order chi connectivity index (χ0) is 15.6. The van der Waals surface area contributed by atoms with E-state index in [1.54, 1.807) is 18.2 Å². The van der Waals surface area contributed by atoms with E-state index in [2.05, 4.69) is 4.72 Å². The zero-order valence-electron chi connectivity index (χ0n) is 10.9. The first-order valence-corrected chi connectivity index (χ1v) is 8.03. The number of hydrogen-bond acceptors (Lipinski definition) is 4. The van der Waals surface area contributed by atoms with Crippen LogP contribution < -0.4 is 15.2 Å². The van der Waals surface area contributed by atoms with Crippen molar-refractivity contribution in [2.24, 2.45) is 0 Å². The summed E-state index contributed by atoms with van der Waals surface area (Å²) in [5.41, 5.74) is 6.00. The molecule has 0 saturated heterocycles. The second kappa shape index (κ2) is 6.11. The van der Waals surface area contributed by atoms with E-state index in [0.717, 1.165) is 0 Å². The summed E-state index contributed by atoms with van der Waals surface area (Å²) in [4.78, 5) is 0.0592. The maximum Gasteiger partial charge on any atom is 0.240 e. The lowest BCUT2D eigenvalue weighted by Gasteiger charge is -2.11. The highest BCUT2D eigenvalue weighted by Crippen LogP contribution is 2.32. The van der Waals surface area contributed by atoms with E-state index in [1.165, 1.54) is 25.2 Å². The second-order valence-electron chi connectivity index (χ2n) is 4.09. The smallest absolute Gasteiger partial charge is 0.240 e. The zero-order valence-corrected chi connectivity index (χ0v) is 13.3. The molecule has 8 heteroatoms. The minimum absolute atomic E-state index is 0.0592. The minimum Gasteiger partial charge on any atom is -0.455 e. The summed E-state index contributed by atoms with van der Waals surface area (Å²) in [6.45, 7) is 0. The third-order valence-electron chi connectivity index (χ3n) is 2.68. The van der Waals surface area contributed by atoms with E-state index < -0.39 is 10.0 Å². The highest BCUT2D eigenvalue weighted by Gasteiger charge is 2.14. The fourth-order valence-electron chi connectivity index (χ4n) is 1.57. The van der Waals surface area contributed by atoms with Crippen molar-refractivity contribution >= 4 is 38.9 Å². The van der Waals surface area contributed by atoms with Crippen molar-refractivity contribution in [3.8, 4) is 11.5 Å². The van der Waals surface area contributed by atoms with E-state index in [4.69, 9.17) is 33.7 Å². The van der Waals surface area contributed by atoms with Gasteiger partial charge in [0, 0.05) is 6.07 Å². The molecule has 0 heterocycles. The van der Waals surface area contributed by atoms with Gasteiger partial charge in [0.05, 0.1) is 20.6 Å². The van der Waals surface area contributed by atoms with Gasteiger partial charge in [-0.2, -0.15) is 0 Å². The predicted octanol–water partition coefficient (Wildman–Crippen LogP) is 3.28. The maximum absolute atomic E-state index is 11.7. The maximum atomic E-state index is 11.7. The van der Waals surface area contributed by atoms with Gasteiger partial charge in [0.2, 0.25) is 10.0 Å². The Kier molecular flexibility index (Phi) is 4.63. The molecule has 0 aromatic heterocycles. The quantitative estimate of drug-likeness (QED) is 0.832. The molecule has 0 aliphatic carbocycles. The molecule has 0 aliphatic heterocycles. The molecule has 0 radical (unpaired) electrons. The Morgan fingerprint density at radius 1 is 1.10 bits per heavy atom. The molecule has 2 rings (SSSR count). The van der Waals surface area contributed by atoms with E-state index >= 15 is 0 Å².